The summed E-state index contributed by atoms with van der Waals surface area (Å²) in [6.45, 7) is 5.68. The average molecular weight is 251 g/mol. The van der Waals surface area contributed by atoms with Crippen LogP contribution in [0.1, 0.15) is 25.1 Å². The van der Waals surface area contributed by atoms with Crippen molar-refractivity contribution in [1.82, 2.24) is 15.1 Å². The lowest BCUT2D eigenvalue weighted by atomic mass is 10.2. The van der Waals surface area contributed by atoms with E-state index in [2.05, 4.69) is 17.3 Å². The molecule has 100 valence electrons. The monoisotopic (exact) mass is 251 g/mol. The lowest BCUT2D eigenvalue weighted by Gasteiger charge is -2.00. The first-order chi connectivity index (χ1) is 8.67. The highest BCUT2D eigenvalue weighted by Crippen LogP contribution is 2.06. The zero-order chi connectivity index (χ0) is 13.4. The van der Waals surface area contributed by atoms with E-state index in [1.165, 1.54) is 11.6 Å². The zero-order valence-electron chi connectivity index (χ0n) is 11.3. The highest BCUT2D eigenvalue weighted by Gasteiger charge is 2.04. The lowest BCUT2D eigenvalue weighted by molar-refractivity contribution is -0.137. The summed E-state index contributed by atoms with van der Waals surface area (Å²) in [5.41, 5.74) is 2.31. The van der Waals surface area contributed by atoms with Crippen molar-refractivity contribution in [2.24, 2.45) is 7.05 Å². The predicted octanol–water partition coefficient (Wildman–Crippen LogP) is 1.19. The van der Waals surface area contributed by atoms with Crippen LogP contribution in [0.15, 0.2) is 18.3 Å². The van der Waals surface area contributed by atoms with Gasteiger partial charge in [-0.15, -0.1) is 0 Å². The largest absolute Gasteiger partial charge is 0.463 e. The van der Waals surface area contributed by atoms with Gasteiger partial charge < -0.3 is 10.1 Å². The van der Waals surface area contributed by atoms with Gasteiger partial charge in [0, 0.05) is 38.0 Å². The molecule has 0 fully saturated rings. The third-order valence-electron chi connectivity index (χ3n) is 2.44. The SMILES string of the molecule is CCOC(=O)/C=C/CNCc1cn(C)nc1CC. The Bertz CT molecular complexity index is 410. The molecule has 0 aliphatic heterocycles. The van der Waals surface area contributed by atoms with Crippen LogP contribution in [0.5, 0.6) is 0 Å². The number of aryl methyl sites for hydroxylation is 2. The minimum atomic E-state index is -0.296. The van der Waals surface area contributed by atoms with Gasteiger partial charge in [-0.05, 0) is 13.3 Å². The molecule has 5 nitrogen and oxygen atoms in total. The van der Waals surface area contributed by atoms with E-state index >= 15 is 0 Å². The number of nitrogens with zero attached hydrogens (tertiary/aromatic N) is 2. The van der Waals surface area contributed by atoms with Gasteiger partial charge in [0.2, 0.25) is 0 Å². The number of carbonyl (C=O) groups excluding carboxylic acids is 1. The summed E-state index contributed by atoms with van der Waals surface area (Å²) in [5, 5.41) is 7.60. The predicted molar refractivity (Wildman–Crippen MR) is 70.1 cm³/mol. The summed E-state index contributed by atoms with van der Waals surface area (Å²) < 4.78 is 6.60. The maximum Gasteiger partial charge on any atom is 0.330 e. The Morgan fingerprint density at radius 1 is 1.56 bits per heavy atom. The molecule has 0 unspecified atom stereocenters. The molecule has 1 rings (SSSR count). The fourth-order valence-corrected chi connectivity index (χ4v) is 1.66. The molecule has 0 spiro atoms. The second-order valence-electron chi connectivity index (χ2n) is 3.91. The van der Waals surface area contributed by atoms with E-state index in [0.29, 0.717) is 13.2 Å². The van der Waals surface area contributed by atoms with Gasteiger partial charge in [-0.2, -0.15) is 5.10 Å². The molecule has 18 heavy (non-hydrogen) atoms. The van der Waals surface area contributed by atoms with Crippen molar-refractivity contribution < 1.29 is 9.53 Å². The van der Waals surface area contributed by atoms with Crippen molar-refractivity contribution in [3.8, 4) is 0 Å². The van der Waals surface area contributed by atoms with Gasteiger partial charge in [-0.3, -0.25) is 4.68 Å². The molecule has 5 heteroatoms. The van der Waals surface area contributed by atoms with Crippen molar-refractivity contribution in [1.29, 1.82) is 0 Å². The maximum atomic E-state index is 11.0. The molecule has 0 amide bonds. The van der Waals surface area contributed by atoms with Gasteiger partial charge in [-0.1, -0.05) is 13.0 Å². The fourth-order valence-electron chi connectivity index (χ4n) is 1.66. The summed E-state index contributed by atoms with van der Waals surface area (Å²) in [5.74, 6) is -0.296. The minimum Gasteiger partial charge on any atom is -0.463 e. The smallest absolute Gasteiger partial charge is 0.330 e. The number of ether oxygens (including phenoxy) is 1. The Hall–Kier alpha value is -1.62. The molecule has 0 atom stereocenters. The Morgan fingerprint density at radius 2 is 2.33 bits per heavy atom. The minimum absolute atomic E-state index is 0.296. The summed E-state index contributed by atoms with van der Waals surface area (Å²) in [6.07, 6.45) is 6.15. The lowest BCUT2D eigenvalue weighted by Crippen LogP contribution is -2.14. The van der Waals surface area contributed by atoms with E-state index in [0.717, 1.165) is 18.7 Å². The van der Waals surface area contributed by atoms with Crippen LogP contribution in [0.4, 0.5) is 0 Å². The van der Waals surface area contributed by atoms with Crippen molar-refractivity contribution in [3.63, 3.8) is 0 Å². The van der Waals surface area contributed by atoms with Crippen LogP contribution in [0.3, 0.4) is 0 Å². The van der Waals surface area contributed by atoms with Gasteiger partial charge in [0.25, 0.3) is 0 Å². The Kier molecular flexibility index (Phi) is 6.14. The molecule has 0 aromatic carbocycles. The molecular formula is C13H21N3O2. The van der Waals surface area contributed by atoms with E-state index in [1.54, 1.807) is 13.0 Å². The molecule has 0 saturated heterocycles. The van der Waals surface area contributed by atoms with E-state index < -0.39 is 0 Å². The van der Waals surface area contributed by atoms with Crippen LogP contribution in [-0.2, 0) is 29.5 Å². The Labute approximate surface area is 108 Å². The van der Waals surface area contributed by atoms with Gasteiger partial charge in [0.05, 0.1) is 12.3 Å². The summed E-state index contributed by atoms with van der Waals surface area (Å²) >= 11 is 0. The molecule has 0 bridgehead atoms. The molecule has 0 aliphatic rings. The van der Waals surface area contributed by atoms with Gasteiger partial charge in [-0.25, -0.2) is 4.79 Å². The summed E-state index contributed by atoms with van der Waals surface area (Å²) in [4.78, 5) is 11.0. The maximum absolute atomic E-state index is 11.0. The molecule has 0 saturated carbocycles. The van der Waals surface area contributed by atoms with Crippen LogP contribution < -0.4 is 5.32 Å². The van der Waals surface area contributed by atoms with E-state index in [9.17, 15) is 4.79 Å². The summed E-state index contributed by atoms with van der Waals surface area (Å²) in [7, 11) is 1.92. The first-order valence-corrected chi connectivity index (χ1v) is 6.22. The van der Waals surface area contributed by atoms with Crippen LogP contribution in [0, 0.1) is 0 Å². The number of hydrogen-bond donors (Lipinski definition) is 1. The average Bonchev–Trinajstić information content (AvgIpc) is 2.69. The second-order valence-corrected chi connectivity index (χ2v) is 3.91. The number of aromatic nitrogens is 2. The number of esters is 1. The zero-order valence-corrected chi connectivity index (χ0v) is 11.3. The van der Waals surface area contributed by atoms with Gasteiger partial charge >= 0.3 is 5.97 Å². The third kappa shape index (κ3) is 4.71. The Morgan fingerprint density at radius 3 is 3.00 bits per heavy atom. The van der Waals surface area contributed by atoms with Crippen LogP contribution in [0.2, 0.25) is 0 Å². The van der Waals surface area contributed by atoms with E-state index in [4.69, 9.17) is 4.74 Å². The number of carbonyl (C=O) groups is 1. The number of nitrogens with one attached hydrogen (secondary N) is 1. The highest BCUT2D eigenvalue weighted by atomic mass is 16.5. The highest BCUT2D eigenvalue weighted by molar-refractivity contribution is 5.81. The number of rotatable bonds is 7. The van der Waals surface area contributed by atoms with Crippen LogP contribution in [0.25, 0.3) is 0 Å². The molecular weight excluding hydrogens is 230 g/mol. The molecule has 0 aliphatic carbocycles. The second kappa shape index (κ2) is 7.66. The van der Waals surface area contributed by atoms with Crippen molar-refractivity contribution in [3.05, 3.63) is 29.6 Å². The number of hydrogen-bond acceptors (Lipinski definition) is 4. The first kappa shape index (κ1) is 14.4. The van der Waals surface area contributed by atoms with Crippen molar-refractivity contribution >= 4 is 5.97 Å². The van der Waals surface area contributed by atoms with E-state index in [-0.39, 0.29) is 5.97 Å². The van der Waals surface area contributed by atoms with Gasteiger partial charge in [0.15, 0.2) is 0 Å². The van der Waals surface area contributed by atoms with Gasteiger partial charge in [0.1, 0.15) is 0 Å². The normalized spacial score (nSPS) is 11.1. The summed E-state index contributed by atoms with van der Waals surface area (Å²) in [6, 6.07) is 0. The molecule has 1 heterocycles. The standard InChI is InChI=1S/C13H21N3O2/c1-4-12-11(10-16(3)15-12)9-14-8-6-7-13(17)18-5-2/h6-7,10,14H,4-5,8-9H2,1-3H3/b7-6+. The van der Waals surface area contributed by atoms with Crippen molar-refractivity contribution in [2.75, 3.05) is 13.2 Å². The van der Waals surface area contributed by atoms with Crippen molar-refractivity contribution in [2.45, 2.75) is 26.8 Å². The third-order valence-corrected chi connectivity index (χ3v) is 2.44. The molecule has 1 aromatic heterocycles. The van der Waals surface area contributed by atoms with E-state index in [1.807, 2.05) is 17.9 Å². The molecule has 1 aromatic rings. The topological polar surface area (TPSA) is 56.1 Å². The first-order valence-electron chi connectivity index (χ1n) is 6.22. The van der Waals surface area contributed by atoms with Crippen LogP contribution in [-0.4, -0.2) is 28.9 Å². The molecule has 1 N–H and O–H groups in total. The Balaban J connectivity index is 2.31. The van der Waals surface area contributed by atoms with Crippen LogP contribution >= 0.6 is 0 Å². The molecule has 0 radical (unpaired) electrons. The quantitative estimate of drug-likeness (QED) is 0.449. The fraction of sp³-hybridized carbons (Fsp3) is 0.538.